The van der Waals surface area contributed by atoms with Crippen LogP contribution < -0.4 is 5.32 Å². The molecule has 2 rings (SSSR count). The smallest absolute Gasteiger partial charge is 0.0700 e. The minimum absolute atomic E-state index is 0.438. The molecule has 1 aromatic carbocycles. The van der Waals surface area contributed by atoms with Crippen LogP contribution in [0, 0.1) is 0 Å². The Hall–Kier alpha value is -0.420. The van der Waals surface area contributed by atoms with E-state index in [4.69, 9.17) is 4.74 Å². The van der Waals surface area contributed by atoms with Gasteiger partial charge >= 0.3 is 0 Å². The van der Waals surface area contributed by atoms with Crippen LogP contribution in [0.1, 0.15) is 18.4 Å². The standard InChI is InChI=1S/C15H23BrN2O/c1-18(12-13-5-2-3-7-15(13)16)9-8-17-11-14-6-4-10-19-14/h2-3,5,7,14,17H,4,6,8-12H2,1H3. The SMILES string of the molecule is CN(CCNCC1CCCO1)Cc1ccccc1Br. The number of rotatable bonds is 7. The molecule has 1 fully saturated rings. The van der Waals surface area contributed by atoms with Crippen molar-refractivity contribution in [2.45, 2.75) is 25.5 Å². The Balaban J connectivity index is 1.61. The van der Waals surface area contributed by atoms with Gasteiger partial charge in [-0.05, 0) is 31.5 Å². The van der Waals surface area contributed by atoms with Gasteiger partial charge in [0, 0.05) is 37.3 Å². The summed E-state index contributed by atoms with van der Waals surface area (Å²) in [5.41, 5.74) is 1.34. The van der Waals surface area contributed by atoms with Crippen LogP contribution >= 0.6 is 15.9 Å². The third-order valence-electron chi connectivity index (χ3n) is 3.46. The van der Waals surface area contributed by atoms with Crippen molar-refractivity contribution in [3.63, 3.8) is 0 Å². The molecule has 1 aliphatic heterocycles. The number of hydrogen-bond acceptors (Lipinski definition) is 3. The first-order valence-corrected chi connectivity index (χ1v) is 7.79. The average molecular weight is 327 g/mol. The van der Waals surface area contributed by atoms with E-state index >= 15 is 0 Å². The van der Waals surface area contributed by atoms with Crippen molar-refractivity contribution in [2.24, 2.45) is 0 Å². The molecule has 0 aromatic heterocycles. The number of hydrogen-bond donors (Lipinski definition) is 1. The summed E-state index contributed by atoms with van der Waals surface area (Å²) in [6.07, 6.45) is 2.86. The molecule has 106 valence electrons. The van der Waals surface area contributed by atoms with Crippen molar-refractivity contribution in [3.05, 3.63) is 34.3 Å². The molecule has 19 heavy (non-hydrogen) atoms. The maximum atomic E-state index is 5.59. The highest BCUT2D eigenvalue weighted by molar-refractivity contribution is 9.10. The molecule has 1 heterocycles. The molecule has 0 spiro atoms. The van der Waals surface area contributed by atoms with Crippen molar-refractivity contribution < 1.29 is 4.74 Å². The molecule has 1 saturated heterocycles. The van der Waals surface area contributed by atoms with Gasteiger partial charge in [0.15, 0.2) is 0 Å². The zero-order valence-corrected chi connectivity index (χ0v) is 13.2. The normalized spacial score (nSPS) is 19.2. The fourth-order valence-corrected chi connectivity index (χ4v) is 2.74. The highest BCUT2D eigenvalue weighted by Crippen LogP contribution is 2.17. The van der Waals surface area contributed by atoms with E-state index in [0.717, 1.165) is 32.8 Å². The van der Waals surface area contributed by atoms with E-state index in [2.05, 4.69) is 57.5 Å². The van der Waals surface area contributed by atoms with Gasteiger partial charge in [0.1, 0.15) is 0 Å². The highest BCUT2D eigenvalue weighted by Gasteiger charge is 2.14. The molecule has 1 unspecified atom stereocenters. The van der Waals surface area contributed by atoms with Gasteiger partial charge in [-0.2, -0.15) is 0 Å². The largest absolute Gasteiger partial charge is 0.377 e. The molecule has 3 nitrogen and oxygen atoms in total. The van der Waals surface area contributed by atoms with Crippen molar-refractivity contribution in [1.29, 1.82) is 0 Å². The summed E-state index contributed by atoms with van der Waals surface area (Å²) in [5.74, 6) is 0. The fraction of sp³-hybridized carbons (Fsp3) is 0.600. The van der Waals surface area contributed by atoms with Crippen LogP contribution in [-0.2, 0) is 11.3 Å². The second-order valence-corrected chi connectivity index (χ2v) is 6.02. The van der Waals surface area contributed by atoms with Crippen molar-refractivity contribution >= 4 is 15.9 Å². The quantitative estimate of drug-likeness (QED) is 0.779. The predicted molar refractivity (Wildman–Crippen MR) is 82.3 cm³/mol. The Morgan fingerprint density at radius 3 is 3.00 bits per heavy atom. The maximum absolute atomic E-state index is 5.59. The summed E-state index contributed by atoms with van der Waals surface area (Å²) < 4.78 is 6.78. The van der Waals surface area contributed by atoms with Gasteiger partial charge < -0.3 is 15.0 Å². The number of halogens is 1. The lowest BCUT2D eigenvalue weighted by molar-refractivity contribution is 0.109. The molecule has 0 saturated carbocycles. The minimum Gasteiger partial charge on any atom is -0.377 e. The number of nitrogens with zero attached hydrogens (tertiary/aromatic N) is 1. The number of ether oxygens (including phenoxy) is 1. The summed E-state index contributed by atoms with van der Waals surface area (Å²) >= 11 is 3.59. The van der Waals surface area contributed by atoms with Crippen LogP contribution in [0.15, 0.2) is 28.7 Å². The Bertz CT molecular complexity index is 380. The Kier molecular flexibility index (Phi) is 6.31. The van der Waals surface area contributed by atoms with Crippen molar-refractivity contribution in [1.82, 2.24) is 10.2 Å². The molecule has 1 aromatic rings. The molecule has 0 amide bonds. The zero-order valence-electron chi connectivity index (χ0n) is 11.6. The van der Waals surface area contributed by atoms with E-state index in [-0.39, 0.29) is 0 Å². The van der Waals surface area contributed by atoms with Gasteiger partial charge in [0.2, 0.25) is 0 Å². The topological polar surface area (TPSA) is 24.5 Å². The van der Waals surface area contributed by atoms with E-state index in [1.54, 1.807) is 0 Å². The highest BCUT2D eigenvalue weighted by atomic mass is 79.9. The van der Waals surface area contributed by atoms with E-state index < -0.39 is 0 Å². The maximum Gasteiger partial charge on any atom is 0.0700 e. The van der Waals surface area contributed by atoms with Gasteiger partial charge in [0.25, 0.3) is 0 Å². The summed E-state index contributed by atoms with van der Waals surface area (Å²) in [7, 11) is 2.16. The second kappa shape index (κ2) is 8.00. The molecule has 0 bridgehead atoms. The van der Waals surface area contributed by atoms with Crippen molar-refractivity contribution in [3.8, 4) is 0 Å². The first-order valence-electron chi connectivity index (χ1n) is 7.00. The van der Waals surface area contributed by atoms with E-state index in [1.165, 1.54) is 22.9 Å². The second-order valence-electron chi connectivity index (χ2n) is 5.17. The van der Waals surface area contributed by atoms with Crippen molar-refractivity contribution in [2.75, 3.05) is 33.3 Å². The summed E-state index contributed by atoms with van der Waals surface area (Å²) in [6.45, 7) is 4.97. The zero-order chi connectivity index (χ0) is 13.5. The number of nitrogens with one attached hydrogen (secondary N) is 1. The van der Waals surface area contributed by atoms with Crippen LogP contribution in [0.4, 0.5) is 0 Å². The molecule has 0 radical (unpaired) electrons. The van der Waals surface area contributed by atoms with E-state index in [1.807, 2.05) is 0 Å². The van der Waals surface area contributed by atoms with Crippen LogP contribution in [-0.4, -0.2) is 44.3 Å². The number of likely N-dealkylation sites (N-methyl/N-ethyl adjacent to an activating group) is 1. The fourth-order valence-electron chi connectivity index (χ4n) is 2.33. The van der Waals surface area contributed by atoms with Crippen LogP contribution in [0.25, 0.3) is 0 Å². The lowest BCUT2D eigenvalue weighted by Crippen LogP contribution is -2.33. The molecule has 1 atom stereocenters. The Morgan fingerprint density at radius 1 is 1.42 bits per heavy atom. The van der Waals surface area contributed by atoms with Gasteiger partial charge in [-0.3, -0.25) is 0 Å². The molecule has 4 heteroatoms. The van der Waals surface area contributed by atoms with Crippen LogP contribution in [0.5, 0.6) is 0 Å². The minimum atomic E-state index is 0.438. The monoisotopic (exact) mass is 326 g/mol. The molecule has 1 aliphatic rings. The van der Waals surface area contributed by atoms with E-state index in [9.17, 15) is 0 Å². The summed E-state index contributed by atoms with van der Waals surface area (Å²) in [5, 5.41) is 3.48. The lowest BCUT2D eigenvalue weighted by Gasteiger charge is -2.18. The first-order chi connectivity index (χ1) is 9.25. The first kappa shape index (κ1) is 15.0. The van der Waals surface area contributed by atoms with Crippen LogP contribution in [0.2, 0.25) is 0 Å². The van der Waals surface area contributed by atoms with Crippen LogP contribution in [0.3, 0.4) is 0 Å². The number of benzene rings is 1. The molecular formula is C15H23BrN2O. The Morgan fingerprint density at radius 2 is 2.26 bits per heavy atom. The molecular weight excluding hydrogens is 304 g/mol. The molecule has 1 N–H and O–H groups in total. The predicted octanol–water partition coefficient (Wildman–Crippen LogP) is 2.65. The third kappa shape index (κ3) is 5.22. The summed E-state index contributed by atoms with van der Waals surface area (Å²) in [4.78, 5) is 2.34. The lowest BCUT2D eigenvalue weighted by atomic mass is 10.2. The Labute approximate surface area is 124 Å². The molecule has 0 aliphatic carbocycles. The van der Waals surface area contributed by atoms with Gasteiger partial charge in [-0.1, -0.05) is 34.1 Å². The van der Waals surface area contributed by atoms with Gasteiger partial charge in [0.05, 0.1) is 6.10 Å². The summed E-state index contributed by atoms with van der Waals surface area (Å²) in [6, 6.07) is 8.40. The van der Waals surface area contributed by atoms with Gasteiger partial charge in [-0.15, -0.1) is 0 Å². The average Bonchev–Trinajstić information content (AvgIpc) is 2.91. The van der Waals surface area contributed by atoms with E-state index in [0.29, 0.717) is 6.10 Å². The van der Waals surface area contributed by atoms with Gasteiger partial charge in [-0.25, -0.2) is 0 Å². The third-order valence-corrected chi connectivity index (χ3v) is 4.24.